The van der Waals surface area contributed by atoms with E-state index in [1.54, 1.807) is 0 Å². The van der Waals surface area contributed by atoms with Gasteiger partial charge in [-0.2, -0.15) is 0 Å². The fraction of sp³-hybridized carbons (Fsp3) is 0. The Morgan fingerprint density at radius 3 is 0.962 bits per heavy atom. The summed E-state index contributed by atoms with van der Waals surface area (Å²) in [4.78, 5) is 3.63. The van der Waals surface area contributed by atoms with Crippen LogP contribution in [0.2, 0.25) is 0 Å². The van der Waals surface area contributed by atoms with E-state index in [0.29, 0.717) is 0 Å². The van der Waals surface area contributed by atoms with E-state index in [0.717, 1.165) is 17.1 Å². The first-order chi connectivity index (χ1) is 25.7. The van der Waals surface area contributed by atoms with Gasteiger partial charge in [-0.15, -0.1) is 11.3 Å². The second-order valence-corrected chi connectivity index (χ2v) is 14.1. The van der Waals surface area contributed by atoms with Crippen molar-refractivity contribution < 1.29 is 0 Å². The molecule has 1 heterocycles. The van der Waals surface area contributed by atoms with Gasteiger partial charge in [0, 0.05) is 26.6 Å². The Bertz CT molecular complexity index is 2520. The lowest BCUT2D eigenvalue weighted by atomic mass is 9.98. The molecule has 0 atom stereocenters. The lowest BCUT2D eigenvalue weighted by Gasteiger charge is -2.26. The second kappa shape index (κ2) is 14.0. The van der Waals surface area contributed by atoms with Crippen LogP contribution in [-0.2, 0) is 0 Å². The Labute approximate surface area is 309 Å². The van der Waals surface area contributed by atoms with Crippen LogP contribution in [0.4, 0.5) is 17.1 Å². The smallest absolute Gasteiger partial charge is 0.0462 e. The summed E-state index contributed by atoms with van der Waals surface area (Å²) in [5, 5.41) is 1.29. The summed E-state index contributed by atoms with van der Waals surface area (Å²) >= 11 is 1.84. The fourth-order valence-electron chi connectivity index (χ4n) is 6.92. The lowest BCUT2D eigenvalue weighted by Crippen LogP contribution is -2.09. The van der Waals surface area contributed by atoms with Crippen LogP contribution in [0, 0.1) is 0 Å². The van der Waals surface area contributed by atoms with E-state index in [2.05, 4.69) is 217 Å². The summed E-state index contributed by atoms with van der Waals surface area (Å²) in [5.74, 6) is 0. The highest BCUT2D eigenvalue weighted by Gasteiger charge is 2.14. The van der Waals surface area contributed by atoms with Gasteiger partial charge in [-0.05, 0) is 104 Å². The molecule has 52 heavy (non-hydrogen) atoms. The third-order valence-corrected chi connectivity index (χ3v) is 10.9. The van der Waals surface area contributed by atoms with Gasteiger partial charge in [0.25, 0.3) is 0 Å². The summed E-state index contributed by atoms with van der Waals surface area (Å²) in [5.41, 5.74) is 14.3. The van der Waals surface area contributed by atoms with Gasteiger partial charge >= 0.3 is 0 Å². The minimum absolute atomic E-state index is 1.11. The Kier molecular flexibility index (Phi) is 8.50. The molecule has 0 bridgehead atoms. The number of thiophene rings is 1. The number of anilines is 3. The molecule has 1 nitrogen and oxygen atoms in total. The molecular formula is C50H35NS. The van der Waals surface area contributed by atoms with E-state index in [4.69, 9.17) is 0 Å². The standard InChI is InChI=1S/C50H35NS/c1-3-9-36(10-4-1)38-15-17-39(18-16-38)40-19-21-41(22-20-40)43-25-31-47(32-26-43)51(46-29-23-42(24-30-46)37-11-5-2-6-12-37)48-33-27-44(28-34-48)50-35-45-13-7-8-14-49(45)52-50/h1-35H. The first-order valence-electron chi connectivity index (χ1n) is 17.7. The minimum atomic E-state index is 1.11. The predicted molar refractivity (Wildman–Crippen MR) is 224 cm³/mol. The zero-order chi connectivity index (χ0) is 34.7. The van der Waals surface area contributed by atoms with Crippen molar-refractivity contribution in [3.05, 3.63) is 212 Å². The molecular weight excluding hydrogens is 647 g/mol. The van der Waals surface area contributed by atoms with Crippen LogP contribution in [0.15, 0.2) is 212 Å². The van der Waals surface area contributed by atoms with Crippen LogP contribution in [0.3, 0.4) is 0 Å². The van der Waals surface area contributed by atoms with Gasteiger partial charge in [0.15, 0.2) is 0 Å². The molecule has 0 aliphatic heterocycles. The van der Waals surface area contributed by atoms with E-state index in [-0.39, 0.29) is 0 Å². The van der Waals surface area contributed by atoms with E-state index >= 15 is 0 Å². The monoisotopic (exact) mass is 681 g/mol. The molecule has 0 spiro atoms. The lowest BCUT2D eigenvalue weighted by molar-refractivity contribution is 1.28. The van der Waals surface area contributed by atoms with Gasteiger partial charge in [0.1, 0.15) is 0 Å². The maximum Gasteiger partial charge on any atom is 0.0462 e. The van der Waals surface area contributed by atoms with Gasteiger partial charge in [-0.25, -0.2) is 0 Å². The summed E-state index contributed by atoms with van der Waals surface area (Å²) in [6.07, 6.45) is 0. The summed E-state index contributed by atoms with van der Waals surface area (Å²) in [6.45, 7) is 0. The van der Waals surface area contributed by atoms with E-state index in [9.17, 15) is 0 Å². The van der Waals surface area contributed by atoms with Crippen LogP contribution in [-0.4, -0.2) is 0 Å². The number of nitrogens with zero attached hydrogens (tertiary/aromatic N) is 1. The topological polar surface area (TPSA) is 3.24 Å². The molecule has 0 aliphatic rings. The quantitative estimate of drug-likeness (QED) is 0.154. The van der Waals surface area contributed by atoms with E-state index < -0.39 is 0 Å². The first kappa shape index (κ1) is 31.5. The third-order valence-electron chi connectivity index (χ3n) is 9.74. The van der Waals surface area contributed by atoms with Gasteiger partial charge in [-0.1, -0.05) is 164 Å². The fourth-order valence-corrected chi connectivity index (χ4v) is 7.99. The zero-order valence-corrected chi connectivity index (χ0v) is 29.4. The van der Waals surface area contributed by atoms with Crippen molar-refractivity contribution in [2.45, 2.75) is 0 Å². The molecule has 0 N–H and O–H groups in total. The summed E-state index contributed by atoms with van der Waals surface area (Å²) in [7, 11) is 0. The normalized spacial score (nSPS) is 11.1. The molecule has 246 valence electrons. The molecule has 9 aromatic rings. The largest absolute Gasteiger partial charge is 0.311 e. The van der Waals surface area contributed by atoms with Gasteiger partial charge in [0.2, 0.25) is 0 Å². The molecule has 2 heteroatoms. The molecule has 0 saturated carbocycles. The van der Waals surface area contributed by atoms with Crippen LogP contribution in [0.1, 0.15) is 0 Å². The van der Waals surface area contributed by atoms with Crippen LogP contribution >= 0.6 is 11.3 Å². The number of fused-ring (bicyclic) bond motifs is 1. The maximum absolute atomic E-state index is 2.34. The second-order valence-electron chi connectivity index (χ2n) is 13.0. The minimum Gasteiger partial charge on any atom is -0.311 e. The maximum atomic E-state index is 2.34. The molecule has 0 fully saturated rings. The van der Waals surface area contributed by atoms with Crippen molar-refractivity contribution in [3.8, 4) is 54.9 Å². The Morgan fingerprint density at radius 2 is 0.577 bits per heavy atom. The molecule has 0 aliphatic carbocycles. The predicted octanol–water partition coefficient (Wildman–Crippen LogP) is 14.7. The van der Waals surface area contributed by atoms with Gasteiger partial charge in [0.05, 0.1) is 0 Å². The molecule has 0 amide bonds. The molecule has 1 aromatic heterocycles. The first-order valence-corrected chi connectivity index (χ1v) is 18.5. The van der Waals surface area contributed by atoms with E-state index in [1.807, 2.05) is 11.3 Å². The molecule has 9 rings (SSSR count). The highest BCUT2D eigenvalue weighted by atomic mass is 32.1. The van der Waals surface area contributed by atoms with Crippen LogP contribution < -0.4 is 4.90 Å². The highest BCUT2D eigenvalue weighted by Crippen LogP contribution is 2.39. The van der Waals surface area contributed by atoms with Crippen LogP contribution in [0.25, 0.3) is 65.0 Å². The van der Waals surface area contributed by atoms with Crippen molar-refractivity contribution in [1.29, 1.82) is 0 Å². The van der Waals surface area contributed by atoms with Crippen LogP contribution in [0.5, 0.6) is 0 Å². The third kappa shape index (κ3) is 6.44. The number of hydrogen-bond donors (Lipinski definition) is 0. The highest BCUT2D eigenvalue weighted by molar-refractivity contribution is 7.22. The molecule has 0 saturated heterocycles. The van der Waals surface area contributed by atoms with Crippen molar-refractivity contribution in [3.63, 3.8) is 0 Å². The van der Waals surface area contributed by atoms with Crippen molar-refractivity contribution >= 4 is 38.5 Å². The Morgan fingerprint density at radius 1 is 0.269 bits per heavy atom. The van der Waals surface area contributed by atoms with E-state index in [1.165, 1.54) is 65.0 Å². The SMILES string of the molecule is c1ccc(-c2ccc(-c3ccc(-c4ccc(N(c5ccc(-c6ccccc6)cc5)c5ccc(-c6cc7ccccc7s6)cc5)cc4)cc3)cc2)cc1. The molecule has 0 radical (unpaired) electrons. The van der Waals surface area contributed by atoms with Crippen molar-refractivity contribution in [2.24, 2.45) is 0 Å². The Hall–Kier alpha value is -6.48. The number of hydrogen-bond acceptors (Lipinski definition) is 2. The number of rotatable bonds is 8. The molecule has 0 unspecified atom stereocenters. The number of benzene rings is 8. The zero-order valence-electron chi connectivity index (χ0n) is 28.6. The molecule has 8 aromatic carbocycles. The summed E-state index contributed by atoms with van der Waals surface area (Å²) < 4.78 is 1.31. The summed E-state index contributed by atoms with van der Waals surface area (Å²) in [6, 6.07) is 76.5. The van der Waals surface area contributed by atoms with Crippen molar-refractivity contribution in [2.75, 3.05) is 4.90 Å². The van der Waals surface area contributed by atoms with Gasteiger partial charge in [-0.3, -0.25) is 0 Å². The average Bonchev–Trinajstić information content (AvgIpc) is 3.67. The Balaban J connectivity index is 1.00. The van der Waals surface area contributed by atoms with Gasteiger partial charge < -0.3 is 4.90 Å². The average molecular weight is 682 g/mol. The van der Waals surface area contributed by atoms with Crippen molar-refractivity contribution in [1.82, 2.24) is 0 Å².